The summed E-state index contributed by atoms with van der Waals surface area (Å²) >= 11 is 0. The van der Waals surface area contributed by atoms with Gasteiger partial charge in [-0.15, -0.1) is 0 Å². The van der Waals surface area contributed by atoms with Crippen LogP contribution in [0.15, 0.2) is 36.4 Å². The minimum atomic E-state index is -0.420. The fourth-order valence-corrected chi connectivity index (χ4v) is 2.02. The van der Waals surface area contributed by atoms with Crippen LogP contribution < -0.4 is 10.1 Å². The highest BCUT2D eigenvalue weighted by Crippen LogP contribution is 2.31. The second-order valence-corrected chi connectivity index (χ2v) is 4.80. The molecule has 0 bridgehead atoms. The van der Waals surface area contributed by atoms with Crippen LogP contribution in [0.2, 0.25) is 0 Å². The highest BCUT2D eigenvalue weighted by atomic mass is 16.6. The average Bonchev–Trinajstić information content (AvgIpc) is 2.44. The van der Waals surface area contributed by atoms with Crippen molar-refractivity contribution in [1.82, 2.24) is 0 Å². The summed E-state index contributed by atoms with van der Waals surface area (Å²) < 4.78 is 5.82. The third-order valence-electron chi connectivity index (χ3n) is 3.27. The highest BCUT2D eigenvalue weighted by molar-refractivity contribution is 5.57. The molecule has 0 aliphatic carbocycles. The molecule has 2 rings (SSSR count). The number of benzene rings is 2. The lowest BCUT2D eigenvalue weighted by Crippen LogP contribution is -1.99. The van der Waals surface area contributed by atoms with Crippen LogP contribution in [0.5, 0.6) is 11.5 Å². The summed E-state index contributed by atoms with van der Waals surface area (Å²) in [7, 11) is 0. The molecule has 0 heterocycles. The number of nitro groups is 1. The van der Waals surface area contributed by atoms with Crippen LogP contribution in [0.1, 0.15) is 18.1 Å². The van der Waals surface area contributed by atoms with Gasteiger partial charge in [-0.3, -0.25) is 10.1 Å². The highest BCUT2D eigenvalue weighted by Gasteiger charge is 2.12. The summed E-state index contributed by atoms with van der Waals surface area (Å²) in [5.74, 6) is 1.16. The van der Waals surface area contributed by atoms with Crippen molar-refractivity contribution in [2.24, 2.45) is 0 Å². The predicted molar refractivity (Wildman–Crippen MR) is 83.3 cm³/mol. The standard InChI is InChI=1S/C16H18N2O3/c1-4-17-13-8-14(18(19)20)10-15(9-13)21-16-7-5-6-11(2)12(16)3/h5-10,17H,4H2,1-3H3. The SMILES string of the molecule is CCNc1cc(Oc2cccc(C)c2C)cc([N+](=O)[O-])c1. The Hall–Kier alpha value is -2.56. The molecule has 0 aliphatic heterocycles. The summed E-state index contributed by atoms with van der Waals surface area (Å²) in [5.41, 5.74) is 2.82. The van der Waals surface area contributed by atoms with Crippen molar-refractivity contribution in [3.8, 4) is 11.5 Å². The monoisotopic (exact) mass is 286 g/mol. The Bertz CT molecular complexity index is 669. The number of hydrogen-bond acceptors (Lipinski definition) is 4. The Morgan fingerprint density at radius 3 is 2.67 bits per heavy atom. The molecule has 0 unspecified atom stereocenters. The van der Waals surface area contributed by atoms with Gasteiger partial charge < -0.3 is 10.1 Å². The number of nitro benzene ring substituents is 1. The lowest BCUT2D eigenvalue weighted by Gasteiger charge is -2.12. The smallest absolute Gasteiger partial charge is 0.275 e. The van der Waals surface area contributed by atoms with E-state index in [4.69, 9.17) is 4.74 Å². The molecular weight excluding hydrogens is 268 g/mol. The molecule has 2 aromatic carbocycles. The second-order valence-electron chi connectivity index (χ2n) is 4.80. The van der Waals surface area contributed by atoms with E-state index >= 15 is 0 Å². The van der Waals surface area contributed by atoms with Gasteiger partial charge in [0.2, 0.25) is 0 Å². The zero-order valence-corrected chi connectivity index (χ0v) is 12.3. The third-order valence-corrected chi connectivity index (χ3v) is 3.27. The Kier molecular flexibility index (Phi) is 4.42. The minimum Gasteiger partial charge on any atom is -0.457 e. The second kappa shape index (κ2) is 6.26. The van der Waals surface area contributed by atoms with Crippen LogP contribution in [0, 0.1) is 24.0 Å². The fraction of sp³-hybridized carbons (Fsp3) is 0.250. The Morgan fingerprint density at radius 2 is 2.00 bits per heavy atom. The van der Waals surface area contributed by atoms with Gasteiger partial charge in [-0.05, 0) is 38.0 Å². The van der Waals surface area contributed by atoms with Crippen LogP contribution in [0.25, 0.3) is 0 Å². The van der Waals surface area contributed by atoms with Gasteiger partial charge in [0, 0.05) is 24.4 Å². The van der Waals surface area contributed by atoms with E-state index in [0.29, 0.717) is 23.7 Å². The molecule has 0 amide bonds. The van der Waals surface area contributed by atoms with Crippen LogP contribution in [0.3, 0.4) is 0 Å². The van der Waals surface area contributed by atoms with E-state index < -0.39 is 4.92 Å². The molecule has 0 aliphatic rings. The number of non-ortho nitro benzene ring substituents is 1. The number of anilines is 1. The van der Waals surface area contributed by atoms with E-state index in [2.05, 4.69) is 5.32 Å². The van der Waals surface area contributed by atoms with E-state index in [-0.39, 0.29) is 5.69 Å². The molecule has 0 atom stereocenters. The number of nitrogens with one attached hydrogen (secondary N) is 1. The summed E-state index contributed by atoms with van der Waals surface area (Å²) in [6, 6.07) is 10.5. The first kappa shape index (κ1) is 14.8. The van der Waals surface area contributed by atoms with Gasteiger partial charge in [-0.1, -0.05) is 12.1 Å². The zero-order valence-electron chi connectivity index (χ0n) is 12.3. The lowest BCUT2D eigenvalue weighted by molar-refractivity contribution is -0.384. The van der Waals surface area contributed by atoms with Crippen molar-refractivity contribution < 1.29 is 9.66 Å². The molecule has 5 nitrogen and oxygen atoms in total. The fourth-order valence-electron chi connectivity index (χ4n) is 2.02. The van der Waals surface area contributed by atoms with Crippen LogP contribution in [-0.4, -0.2) is 11.5 Å². The first-order chi connectivity index (χ1) is 10.0. The van der Waals surface area contributed by atoms with Crippen molar-refractivity contribution in [1.29, 1.82) is 0 Å². The van der Waals surface area contributed by atoms with Crippen molar-refractivity contribution in [3.05, 3.63) is 57.6 Å². The Labute approximate surface area is 123 Å². The zero-order chi connectivity index (χ0) is 15.4. The normalized spacial score (nSPS) is 10.2. The topological polar surface area (TPSA) is 64.4 Å². The first-order valence-corrected chi connectivity index (χ1v) is 6.78. The maximum Gasteiger partial charge on any atom is 0.275 e. The van der Waals surface area contributed by atoms with Gasteiger partial charge in [-0.25, -0.2) is 0 Å². The Balaban J connectivity index is 2.38. The number of ether oxygens (including phenoxy) is 1. The first-order valence-electron chi connectivity index (χ1n) is 6.78. The molecule has 0 spiro atoms. The number of nitrogens with zero attached hydrogens (tertiary/aromatic N) is 1. The summed E-state index contributed by atoms with van der Waals surface area (Å²) in [6.45, 7) is 6.58. The van der Waals surface area contributed by atoms with Crippen LogP contribution in [-0.2, 0) is 0 Å². The lowest BCUT2D eigenvalue weighted by atomic mass is 10.1. The molecule has 2 aromatic rings. The van der Waals surface area contributed by atoms with Gasteiger partial charge >= 0.3 is 0 Å². The predicted octanol–water partition coefficient (Wildman–Crippen LogP) is 4.44. The molecule has 1 N–H and O–H groups in total. The molecule has 0 aromatic heterocycles. The van der Waals surface area contributed by atoms with E-state index in [1.54, 1.807) is 6.07 Å². The number of aryl methyl sites for hydroxylation is 1. The number of rotatable bonds is 5. The summed E-state index contributed by atoms with van der Waals surface area (Å²) in [5, 5.41) is 14.1. The van der Waals surface area contributed by atoms with Gasteiger partial charge in [0.15, 0.2) is 0 Å². The molecule has 5 heteroatoms. The molecule has 0 saturated heterocycles. The van der Waals surface area contributed by atoms with E-state index in [0.717, 1.165) is 11.1 Å². The maximum absolute atomic E-state index is 11.0. The van der Waals surface area contributed by atoms with Crippen molar-refractivity contribution in [2.45, 2.75) is 20.8 Å². The average molecular weight is 286 g/mol. The van der Waals surface area contributed by atoms with Crippen molar-refractivity contribution in [3.63, 3.8) is 0 Å². The van der Waals surface area contributed by atoms with Crippen LogP contribution >= 0.6 is 0 Å². The molecule has 0 fully saturated rings. The third kappa shape index (κ3) is 3.51. The molecule has 110 valence electrons. The minimum absolute atomic E-state index is 0.00811. The van der Waals surface area contributed by atoms with Gasteiger partial charge in [-0.2, -0.15) is 0 Å². The van der Waals surface area contributed by atoms with E-state index in [9.17, 15) is 10.1 Å². The van der Waals surface area contributed by atoms with Gasteiger partial charge in [0.1, 0.15) is 11.5 Å². The summed E-state index contributed by atoms with van der Waals surface area (Å²) in [4.78, 5) is 10.6. The van der Waals surface area contributed by atoms with Crippen LogP contribution in [0.4, 0.5) is 11.4 Å². The molecule has 21 heavy (non-hydrogen) atoms. The Morgan fingerprint density at radius 1 is 1.24 bits per heavy atom. The summed E-state index contributed by atoms with van der Waals surface area (Å²) in [6.07, 6.45) is 0. The largest absolute Gasteiger partial charge is 0.457 e. The number of hydrogen-bond donors (Lipinski definition) is 1. The van der Waals surface area contributed by atoms with Crippen molar-refractivity contribution >= 4 is 11.4 Å². The van der Waals surface area contributed by atoms with E-state index in [1.807, 2.05) is 39.0 Å². The van der Waals surface area contributed by atoms with E-state index in [1.165, 1.54) is 12.1 Å². The molecular formula is C16H18N2O3. The van der Waals surface area contributed by atoms with Gasteiger partial charge in [0.05, 0.1) is 11.0 Å². The quantitative estimate of drug-likeness (QED) is 0.652. The molecule has 0 radical (unpaired) electrons. The van der Waals surface area contributed by atoms with Gasteiger partial charge in [0.25, 0.3) is 5.69 Å². The maximum atomic E-state index is 11.0. The van der Waals surface area contributed by atoms with Crippen molar-refractivity contribution in [2.75, 3.05) is 11.9 Å². The molecule has 0 saturated carbocycles.